The highest BCUT2D eigenvalue weighted by molar-refractivity contribution is 5.97. The molecule has 4 aromatic rings. The Morgan fingerprint density at radius 2 is 1.23 bits per heavy atom. The zero-order valence-electron chi connectivity index (χ0n) is 17.2. The van der Waals surface area contributed by atoms with Crippen molar-refractivity contribution in [3.05, 3.63) is 126 Å². The summed E-state index contributed by atoms with van der Waals surface area (Å²) in [6, 6.07) is 31.2. The van der Waals surface area contributed by atoms with Gasteiger partial charge in [0, 0.05) is 12.0 Å². The molecule has 0 bridgehead atoms. The molecule has 31 heavy (non-hydrogen) atoms. The van der Waals surface area contributed by atoms with E-state index in [1.54, 1.807) is 12.4 Å². The molecule has 1 heterocycles. The number of carbonyl (C=O) groups excluding carboxylic acids is 1. The minimum Gasteiger partial charge on any atom is -0.295 e. The molecule has 1 aliphatic carbocycles. The average molecular weight is 406 g/mol. The Morgan fingerprint density at radius 3 is 1.71 bits per heavy atom. The fourth-order valence-electron chi connectivity index (χ4n) is 4.47. The number of hydrogen-bond donors (Lipinski definition) is 0. The molecule has 0 amide bonds. The number of hydrogen-bond acceptors (Lipinski definition) is 3. The predicted octanol–water partition coefficient (Wildman–Crippen LogP) is 5.25. The van der Waals surface area contributed by atoms with E-state index in [4.69, 9.17) is 5.10 Å². The molecule has 5 rings (SSSR count). The van der Waals surface area contributed by atoms with E-state index in [0.717, 1.165) is 35.1 Å². The summed E-state index contributed by atoms with van der Waals surface area (Å²) in [5.41, 5.74) is 3.51. The SMILES string of the molecule is O=C1C=C(c2ncn(C(c3ccccc3)(c3ccccc3)c3ccccc3)n2)CCC1. The molecule has 0 saturated heterocycles. The lowest BCUT2D eigenvalue weighted by Gasteiger charge is -2.35. The van der Waals surface area contributed by atoms with E-state index in [2.05, 4.69) is 77.8 Å². The summed E-state index contributed by atoms with van der Waals surface area (Å²) in [5.74, 6) is 0.776. The Labute approximate surface area is 181 Å². The summed E-state index contributed by atoms with van der Waals surface area (Å²) >= 11 is 0. The molecule has 3 aromatic carbocycles. The minimum absolute atomic E-state index is 0.151. The van der Waals surface area contributed by atoms with E-state index in [0.29, 0.717) is 12.2 Å². The zero-order chi connectivity index (χ0) is 21.1. The smallest absolute Gasteiger partial charge is 0.177 e. The molecule has 0 aliphatic heterocycles. The first-order chi connectivity index (χ1) is 15.3. The molecule has 1 aliphatic rings. The molecule has 0 spiro atoms. The van der Waals surface area contributed by atoms with Crippen LogP contribution in [0.2, 0.25) is 0 Å². The fraction of sp³-hybridized carbons (Fsp3) is 0.148. The molecule has 0 N–H and O–H groups in total. The maximum atomic E-state index is 12.0. The van der Waals surface area contributed by atoms with Crippen molar-refractivity contribution in [3.8, 4) is 0 Å². The van der Waals surface area contributed by atoms with E-state index in [1.165, 1.54) is 0 Å². The van der Waals surface area contributed by atoms with Gasteiger partial charge >= 0.3 is 0 Å². The van der Waals surface area contributed by atoms with Crippen molar-refractivity contribution >= 4 is 11.4 Å². The number of aromatic nitrogens is 3. The van der Waals surface area contributed by atoms with Crippen LogP contribution in [0.3, 0.4) is 0 Å². The van der Waals surface area contributed by atoms with Crippen LogP contribution in [0.1, 0.15) is 41.8 Å². The van der Waals surface area contributed by atoms with Crippen molar-refractivity contribution in [2.75, 3.05) is 0 Å². The molecular weight excluding hydrogens is 382 g/mol. The van der Waals surface area contributed by atoms with Gasteiger partial charge in [-0.1, -0.05) is 91.0 Å². The molecule has 4 nitrogen and oxygen atoms in total. The third-order valence-electron chi connectivity index (χ3n) is 5.90. The van der Waals surface area contributed by atoms with Crippen molar-refractivity contribution in [1.82, 2.24) is 14.8 Å². The third-order valence-corrected chi connectivity index (χ3v) is 5.90. The molecule has 0 atom stereocenters. The molecule has 152 valence electrons. The first-order valence-corrected chi connectivity index (χ1v) is 10.6. The number of allylic oxidation sites excluding steroid dienone is 2. The predicted molar refractivity (Wildman–Crippen MR) is 121 cm³/mol. The highest BCUT2D eigenvalue weighted by atomic mass is 16.1. The van der Waals surface area contributed by atoms with Gasteiger partial charge in [-0.3, -0.25) is 4.79 Å². The van der Waals surface area contributed by atoms with Crippen LogP contribution in [0, 0.1) is 0 Å². The number of carbonyl (C=O) groups is 1. The van der Waals surface area contributed by atoms with Crippen molar-refractivity contribution in [2.45, 2.75) is 24.8 Å². The highest BCUT2D eigenvalue weighted by Crippen LogP contribution is 2.40. The molecule has 0 radical (unpaired) electrons. The van der Waals surface area contributed by atoms with Gasteiger partial charge in [0.15, 0.2) is 11.6 Å². The quantitative estimate of drug-likeness (QED) is 0.426. The first-order valence-electron chi connectivity index (χ1n) is 10.6. The van der Waals surface area contributed by atoms with Gasteiger partial charge in [0.2, 0.25) is 0 Å². The summed E-state index contributed by atoms with van der Waals surface area (Å²) in [5, 5.41) is 4.96. The molecule has 0 unspecified atom stereocenters. The fourth-order valence-corrected chi connectivity index (χ4v) is 4.47. The van der Waals surface area contributed by atoms with Crippen LogP contribution >= 0.6 is 0 Å². The van der Waals surface area contributed by atoms with Crippen molar-refractivity contribution in [3.63, 3.8) is 0 Å². The molecular formula is C27H23N3O. The molecule has 0 fully saturated rings. The van der Waals surface area contributed by atoms with Crippen LogP contribution in [0.25, 0.3) is 5.57 Å². The lowest BCUT2D eigenvalue weighted by Crippen LogP contribution is -2.38. The number of ketones is 1. The van der Waals surface area contributed by atoms with E-state index >= 15 is 0 Å². The summed E-state index contributed by atoms with van der Waals surface area (Å²) in [4.78, 5) is 16.6. The third kappa shape index (κ3) is 3.40. The highest BCUT2D eigenvalue weighted by Gasteiger charge is 2.39. The lowest BCUT2D eigenvalue weighted by atomic mass is 9.77. The van der Waals surface area contributed by atoms with Gasteiger partial charge in [-0.25, -0.2) is 9.67 Å². The van der Waals surface area contributed by atoms with Gasteiger partial charge < -0.3 is 0 Å². The van der Waals surface area contributed by atoms with Gasteiger partial charge in [0.25, 0.3) is 0 Å². The minimum atomic E-state index is -0.686. The van der Waals surface area contributed by atoms with Gasteiger partial charge in [0.1, 0.15) is 11.9 Å². The molecule has 0 saturated carbocycles. The largest absolute Gasteiger partial charge is 0.295 e. The summed E-state index contributed by atoms with van der Waals surface area (Å²) < 4.78 is 1.95. The van der Waals surface area contributed by atoms with E-state index in [-0.39, 0.29) is 5.78 Å². The van der Waals surface area contributed by atoms with Gasteiger partial charge in [-0.2, -0.15) is 0 Å². The molecule has 4 heteroatoms. The van der Waals surface area contributed by atoms with Crippen molar-refractivity contribution < 1.29 is 4.79 Å². The maximum absolute atomic E-state index is 12.0. The Kier molecular flexibility index (Phi) is 5.04. The summed E-state index contributed by atoms with van der Waals surface area (Å²) in [6.45, 7) is 0. The normalized spacial score (nSPS) is 14.3. The van der Waals surface area contributed by atoms with Crippen LogP contribution < -0.4 is 0 Å². The van der Waals surface area contributed by atoms with Crippen LogP contribution in [-0.2, 0) is 10.3 Å². The standard InChI is InChI=1S/C27H23N3O/c31-25-18-10-11-21(19-25)26-28-20-30(29-26)27(22-12-4-1-5-13-22,23-14-6-2-7-15-23)24-16-8-3-9-17-24/h1-9,12-17,19-20H,10-11,18H2. The van der Waals surface area contributed by atoms with Crippen LogP contribution in [0.5, 0.6) is 0 Å². The van der Waals surface area contributed by atoms with Crippen LogP contribution in [0.15, 0.2) is 103 Å². The summed E-state index contributed by atoms with van der Waals surface area (Å²) in [6.07, 6.45) is 5.78. The Morgan fingerprint density at radius 1 is 0.710 bits per heavy atom. The Hall–Kier alpha value is -3.79. The van der Waals surface area contributed by atoms with Gasteiger partial charge in [-0.15, -0.1) is 5.10 Å². The summed E-state index contributed by atoms with van der Waals surface area (Å²) in [7, 11) is 0. The molecule has 1 aromatic heterocycles. The van der Waals surface area contributed by atoms with Gasteiger partial charge in [0.05, 0.1) is 0 Å². The maximum Gasteiger partial charge on any atom is 0.177 e. The van der Waals surface area contributed by atoms with E-state index < -0.39 is 5.54 Å². The van der Waals surface area contributed by atoms with E-state index in [1.807, 2.05) is 22.9 Å². The number of benzene rings is 3. The number of rotatable bonds is 5. The second-order valence-electron chi connectivity index (χ2n) is 7.81. The zero-order valence-corrected chi connectivity index (χ0v) is 17.2. The van der Waals surface area contributed by atoms with Crippen molar-refractivity contribution in [2.24, 2.45) is 0 Å². The second-order valence-corrected chi connectivity index (χ2v) is 7.81. The van der Waals surface area contributed by atoms with Crippen LogP contribution in [0.4, 0.5) is 0 Å². The van der Waals surface area contributed by atoms with Gasteiger partial charge in [-0.05, 0) is 35.6 Å². The lowest BCUT2D eigenvalue weighted by molar-refractivity contribution is -0.114. The second kappa shape index (κ2) is 8.15. The van der Waals surface area contributed by atoms with Crippen LogP contribution in [-0.4, -0.2) is 20.5 Å². The van der Waals surface area contributed by atoms with E-state index in [9.17, 15) is 4.79 Å². The first kappa shape index (κ1) is 19.2. The Balaban J connectivity index is 1.78. The Bertz CT molecular complexity index is 1110. The topological polar surface area (TPSA) is 47.8 Å². The number of nitrogens with zero attached hydrogens (tertiary/aromatic N) is 3. The monoisotopic (exact) mass is 405 g/mol. The van der Waals surface area contributed by atoms with Crippen molar-refractivity contribution in [1.29, 1.82) is 0 Å². The average Bonchev–Trinajstić information content (AvgIpc) is 3.32.